The minimum absolute atomic E-state index is 0. The van der Waals surface area contributed by atoms with E-state index in [1.54, 1.807) is 0 Å². The maximum Gasteiger partial charge on any atom is 0.0632 e. The van der Waals surface area contributed by atoms with Gasteiger partial charge >= 0.3 is 0 Å². The first kappa shape index (κ1) is 37.4. The average molecular weight is 870 g/mol. The Morgan fingerprint density at radius 1 is 0.804 bits per heavy atom. The molecule has 0 aliphatic heterocycles. The quantitative estimate of drug-likeness (QED) is 0.126. The molecular weight excluding hydrogens is 819 g/mol. The molecule has 6 aromatic rings. The molecule has 3 nitrogen and oxygen atoms in total. The zero-order chi connectivity index (χ0) is 34.7. The van der Waals surface area contributed by atoms with Crippen molar-refractivity contribution in [2.75, 3.05) is 0 Å². The average Bonchev–Trinajstić information content (AvgIpc) is 3.51. The fourth-order valence-electron chi connectivity index (χ4n) is 7.96. The van der Waals surface area contributed by atoms with Gasteiger partial charge in [0.15, 0.2) is 0 Å². The van der Waals surface area contributed by atoms with Gasteiger partial charge in [-0.15, -0.1) is 46.5 Å². The number of hydrogen-bond donors (Lipinski definition) is 0. The van der Waals surface area contributed by atoms with Crippen molar-refractivity contribution in [1.29, 1.82) is 0 Å². The molecule has 51 heavy (non-hydrogen) atoms. The van der Waals surface area contributed by atoms with Crippen LogP contribution in [0.15, 0.2) is 95.6 Å². The molecule has 0 spiro atoms. The van der Waals surface area contributed by atoms with E-state index in [4.69, 9.17) is 15.3 Å². The van der Waals surface area contributed by atoms with E-state index in [2.05, 4.69) is 126 Å². The largest absolute Gasteiger partial charge is 0.685 e. The Kier molecular flexibility index (Phi) is 12.1. The zero-order valence-electron chi connectivity index (χ0n) is 30.9. The van der Waals surface area contributed by atoms with Crippen LogP contribution >= 0.6 is 11.3 Å². The number of nitrogens with zero attached hydrogens (tertiary/aromatic N) is 3. The summed E-state index contributed by atoms with van der Waals surface area (Å²) in [7, 11) is 0. The van der Waals surface area contributed by atoms with Crippen molar-refractivity contribution >= 4 is 58.9 Å². The van der Waals surface area contributed by atoms with Crippen molar-refractivity contribution < 1.29 is 20.1 Å². The van der Waals surface area contributed by atoms with Gasteiger partial charge in [-0.3, -0.25) is 9.98 Å². The van der Waals surface area contributed by atoms with Gasteiger partial charge in [-0.2, -0.15) is 5.70 Å². The molecule has 2 aliphatic rings. The van der Waals surface area contributed by atoms with Crippen LogP contribution in [0.2, 0.25) is 0 Å². The summed E-state index contributed by atoms with van der Waals surface area (Å²) in [5.74, 6) is 0. The maximum atomic E-state index is 5.20. The molecule has 0 bridgehead atoms. The number of rotatable bonds is 5. The van der Waals surface area contributed by atoms with Crippen LogP contribution in [0.3, 0.4) is 0 Å². The van der Waals surface area contributed by atoms with Gasteiger partial charge in [0.1, 0.15) is 0 Å². The summed E-state index contributed by atoms with van der Waals surface area (Å²) < 4.78 is 2.61. The van der Waals surface area contributed by atoms with Gasteiger partial charge < -0.3 is 5.32 Å². The number of benzene rings is 4. The Labute approximate surface area is 322 Å². The number of aromatic nitrogens is 1. The van der Waals surface area contributed by atoms with Crippen LogP contribution in [0, 0.1) is 6.07 Å². The molecule has 267 valence electrons. The molecule has 2 fully saturated rings. The molecule has 4 aromatic carbocycles. The van der Waals surface area contributed by atoms with E-state index in [9.17, 15) is 0 Å². The molecule has 5 heteroatoms. The monoisotopic (exact) mass is 870 g/mol. The van der Waals surface area contributed by atoms with E-state index in [0.29, 0.717) is 12.1 Å². The molecule has 0 N–H and O–H groups in total. The second-order valence-electron chi connectivity index (χ2n) is 15.4. The van der Waals surface area contributed by atoms with Crippen LogP contribution in [-0.2, 0) is 25.5 Å². The van der Waals surface area contributed by atoms with Crippen molar-refractivity contribution in [3.63, 3.8) is 0 Å². The van der Waals surface area contributed by atoms with Gasteiger partial charge in [0, 0.05) is 46.3 Å². The molecule has 2 heterocycles. The summed E-state index contributed by atoms with van der Waals surface area (Å²) in [5, 5.41) is 11.0. The predicted octanol–water partition coefficient (Wildman–Crippen LogP) is 13.9. The smallest absolute Gasteiger partial charge is 0.0632 e. The van der Waals surface area contributed by atoms with Crippen LogP contribution in [-0.4, -0.2) is 22.8 Å². The molecule has 0 saturated heterocycles. The number of para-hydroxylation sites is 1. The molecule has 2 aliphatic carbocycles. The fourth-order valence-corrected chi connectivity index (χ4v) is 9.19. The van der Waals surface area contributed by atoms with E-state index >= 15 is 0 Å². The zero-order valence-corrected chi connectivity index (χ0v) is 34.1. The van der Waals surface area contributed by atoms with Crippen molar-refractivity contribution in [3.8, 4) is 11.3 Å². The van der Waals surface area contributed by atoms with Crippen LogP contribution in [0.1, 0.15) is 104 Å². The van der Waals surface area contributed by atoms with Crippen LogP contribution in [0.5, 0.6) is 0 Å². The summed E-state index contributed by atoms with van der Waals surface area (Å²) >= 11 is 1.86. The molecule has 2 aromatic heterocycles. The van der Waals surface area contributed by atoms with E-state index in [0.717, 1.165) is 22.2 Å². The van der Waals surface area contributed by atoms with Crippen LogP contribution in [0.25, 0.3) is 58.4 Å². The number of pyridine rings is 1. The van der Waals surface area contributed by atoms with Gasteiger partial charge in [-0.25, -0.2) is 0 Å². The second kappa shape index (κ2) is 16.5. The summed E-state index contributed by atoms with van der Waals surface area (Å²) in [4.78, 5) is 10.1. The second-order valence-corrected chi connectivity index (χ2v) is 16.5. The molecule has 0 atom stereocenters. The molecule has 0 amide bonds. The van der Waals surface area contributed by atoms with E-state index in [1.165, 1.54) is 112 Å². The number of fused-ring (bicyclic) bond motifs is 6. The Bertz CT molecular complexity index is 2170. The maximum absolute atomic E-state index is 5.20. The molecule has 2 saturated carbocycles. The first-order valence-corrected chi connectivity index (χ1v) is 19.7. The third-order valence-electron chi connectivity index (χ3n) is 10.4. The third kappa shape index (κ3) is 8.65. The standard InChI is InChI=1S/C29H22NS.C17H29N2.Ir/c1-29(2,3)23-17-19(16-18-10-4-5-11-20(18)23)27-26-22-13-7-9-15-25(22)31-28(26)21-12-6-8-14-24(21)30-27;1-14(18-16-9-5-3-6-10-16)13-15(2)19-17-11-7-4-8-12-17;/h4-15,17H,1-3H3;13,16-17H,3-12H2,1-2H3;/q2*-1;/b;14-13-,19-15?;. The molecule has 1 radical (unpaired) electrons. The third-order valence-corrected chi connectivity index (χ3v) is 11.6. The molecule has 0 unspecified atom stereocenters. The summed E-state index contributed by atoms with van der Waals surface area (Å²) in [6.45, 7) is 11.1. The van der Waals surface area contributed by atoms with Crippen molar-refractivity contribution in [1.82, 2.24) is 4.98 Å². The van der Waals surface area contributed by atoms with E-state index in [1.807, 2.05) is 11.3 Å². The first-order valence-electron chi connectivity index (χ1n) is 18.8. The fraction of sp³-hybridized carbons (Fsp3) is 0.391. The number of thiophene rings is 1. The van der Waals surface area contributed by atoms with Crippen molar-refractivity contribution in [2.45, 2.75) is 116 Å². The van der Waals surface area contributed by atoms with Gasteiger partial charge in [0.05, 0.1) is 11.6 Å². The minimum atomic E-state index is 0. The Morgan fingerprint density at radius 2 is 1.43 bits per heavy atom. The Morgan fingerprint density at radius 3 is 2.16 bits per heavy atom. The number of aliphatic imine (C=N–C) groups is 1. The SMILES string of the molecule is CC(/C=C(/C)[N-]C1CCCCC1)=NC1CCCCC1.CC(C)(C)c1cc(-c2nc3ccccc3c3sc4ccccc4c23)[c-]c2ccccc12.[Ir]. The molecule has 8 rings (SSSR count). The summed E-state index contributed by atoms with van der Waals surface area (Å²) in [6, 6.07) is 32.9. The Hall–Kier alpha value is -3.37. The van der Waals surface area contributed by atoms with Crippen molar-refractivity contribution in [3.05, 3.63) is 108 Å². The van der Waals surface area contributed by atoms with Gasteiger partial charge in [-0.05, 0) is 48.1 Å². The normalized spacial score (nSPS) is 16.6. The van der Waals surface area contributed by atoms with Crippen molar-refractivity contribution in [2.24, 2.45) is 4.99 Å². The minimum Gasteiger partial charge on any atom is -0.685 e. The van der Waals surface area contributed by atoms with Crippen LogP contribution in [0.4, 0.5) is 0 Å². The number of allylic oxidation sites excluding steroid dienone is 2. The van der Waals surface area contributed by atoms with Gasteiger partial charge in [0.2, 0.25) is 0 Å². The summed E-state index contributed by atoms with van der Waals surface area (Å²) in [6.07, 6.45) is 15.5. The van der Waals surface area contributed by atoms with E-state index in [-0.39, 0.29) is 25.5 Å². The number of hydrogen-bond acceptors (Lipinski definition) is 3. The van der Waals surface area contributed by atoms with Gasteiger partial charge in [0.25, 0.3) is 0 Å². The molecular formula is C46H51IrN3S-2. The predicted molar refractivity (Wildman–Crippen MR) is 219 cm³/mol. The topological polar surface area (TPSA) is 39.4 Å². The van der Waals surface area contributed by atoms with E-state index < -0.39 is 0 Å². The first-order chi connectivity index (χ1) is 24.2. The van der Waals surface area contributed by atoms with Crippen LogP contribution < -0.4 is 0 Å². The Balaban J connectivity index is 0.000000194. The summed E-state index contributed by atoms with van der Waals surface area (Å²) in [5.41, 5.74) is 6.84. The van der Waals surface area contributed by atoms with Gasteiger partial charge in [-0.1, -0.05) is 151 Å².